The molecule has 2 aromatic rings. The molecule has 9 heteroatoms. The van der Waals surface area contributed by atoms with Crippen LogP contribution in [0.3, 0.4) is 0 Å². The Bertz CT molecular complexity index is 918. The average molecular weight is 591 g/mol. The van der Waals surface area contributed by atoms with Gasteiger partial charge in [0.1, 0.15) is 12.2 Å². The van der Waals surface area contributed by atoms with Crippen LogP contribution in [-0.2, 0) is 37.6 Å². The molecule has 0 spiro atoms. The van der Waals surface area contributed by atoms with Crippen molar-refractivity contribution in [3.05, 3.63) is 60.7 Å². The molecule has 0 bridgehead atoms. The Morgan fingerprint density at radius 1 is 0.561 bits per heavy atom. The molecule has 0 aliphatic heterocycles. The first-order valence-electron chi connectivity index (χ1n) is 14.4. The van der Waals surface area contributed by atoms with Crippen molar-refractivity contribution in [3.8, 4) is 0 Å². The standard InChI is InChI=1S/C32H50O8Si/c1-31(2,3)40-30(33)27-38-24-23-36-20-19-34-17-18-35-21-22-37-25-26-39-41(32(4,5)6,28-13-9-7-10-14-28)29-15-11-8-12-16-29/h7-16H,17-27H2,1-6H3. The van der Waals surface area contributed by atoms with E-state index in [1.165, 1.54) is 10.4 Å². The number of esters is 1. The number of benzene rings is 2. The third kappa shape index (κ3) is 13.2. The fourth-order valence-corrected chi connectivity index (χ4v) is 8.97. The summed E-state index contributed by atoms with van der Waals surface area (Å²) >= 11 is 0. The summed E-state index contributed by atoms with van der Waals surface area (Å²) in [5.41, 5.74) is -0.507. The molecule has 0 amide bonds. The van der Waals surface area contributed by atoms with Crippen LogP contribution in [0, 0.1) is 0 Å². The zero-order valence-corrected chi connectivity index (χ0v) is 26.8. The molecule has 230 valence electrons. The van der Waals surface area contributed by atoms with Crippen LogP contribution in [0.25, 0.3) is 0 Å². The molecule has 0 fully saturated rings. The van der Waals surface area contributed by atoms with Crippen molar-refractivity contribution in [1.29, 1.82) is 0 Å². The molecule has 0 aliphatic rings. The van der Waals surface area contributed by atoms with Gasteiger partial charge in [-0.05, 0) is 36.2 Å². The molecule has 2 aromatic carbocycles. The zero-order chi connectivity index (χ0) is 30.0. The first-order valence-corrected chi connectivity index (χ1v) is 16.3. The first kappa shape index (κ1) is 35.1. The van der Waals surface area contributed by atoms with E-state index in [9.17, 15) is 4.79 Å². The second-order valence-electron chi connectivity index (χ2n) is 11.6. The lowest BCUT2D eigenvalue weighted by Crippen LogP contribution is -2.66. The van der Waals surface area contributed by atoms with Crippen LogP contribution in [0.4, 0.5) is 0 Å². The van der Waals surface area contributed by atoms with E-state index < -0.39 is 13.9 Å². The van der Waals surface area contributed by atoms with Gasteiger partial charge in [0.2, 0.25) is 0 Å². The van der Waals surface area contributed by atoms with Gasteiger partial charge >= 0.3 is 5.97 Å². The quantitative estimate of drug-likeness (QED) is 0.130. The van der Waals surface area contributed by atoms with E-state index in [2.05, 4.69) is 69.3 Å². The van der Waals surface area contributed by atoms with Gasteiger partial charge in [0.25, 0.3) is 8.32 Å². The van der Waals surface area contributed by atoms with Gasteiger partial charge in [-0.3, -0.25) is 0 Å². The number of carbonyl (C=O) groups is 1. The summed E-state index contributed by atoms with van der Waals surface area (Å²) in [6.07, 6.45) is 0. The number of hydrogen-bond donors (Lipinski definition) is 0. The summed E-state index contributed by atoms with van der Waals surface area (Å²) in [4.78, 5) is 11.5. The van der Waals surface area contributed by atoms with Crippen LogP contribution in [-0.4, -0.2) is 92.6 Å². The number of carbonyl (C=O) groups excluding carboxylic acids is 1. The molecule has 0 atom stereocenters. The fourth-order valence-electron chi connectivity index (χ4n) is 4.42. The van der Waals surface area contributed by atoms with E-state index in [0.717, 1.165) is 0 Å². The first-order chi connectivity index (χ1) is 19.6. The zero-order valence-electron chi connectivity index (χ0n) is 25.8. The molecule has 2 rings (SSSR count). The monoisotopic (exact) mass is 590 g/mol. The molecule has 0 aliphatic carbocycles. The van der Waals surface area contributed by atoms with Gasteiger partial charge in [0.05, 0.1) is 66.1 Å². The molecule has 0 saturated heterocycles. The third-order valence-corrected chi connectivity index (χ3v) is 11.1. The molecule has 0 heterocycles. The normalized spacial score (nSPS) is 12.4. The van der Waals surface area contributed by atoms with E-state index in [1.807, 2.05) is 32.9 Å². The molecule has 0 aromatic heterocycles. The molecule has 0 saturated carbocycles. The highest BCUT2D eigenvalue weighted by Crippen LogP contribution is 2.36. The van der Waals surface area contributed by atoms with Crippen LogP contribution in [0.15, 0.2) is 60.7 Å². The maximum atomic E-state index is 11.5. The minimum Gasteiger partial charge on any atom is -0.458 e. The number of hydrogen-bond acceptors (Lipinski definition) is 8. The highest BCUT2D eigenvalue weighted by molar-refractivity contribution is 6.99. The van der Waals surface area contributed by atoms with Gasteiger partial charge in [0, 0.05) is 0 Å². The summed E-state index contributed by atoms with van der Waals surface area (Å²) in [6, 6.07) is 21.2. The van der Waals surface area contributed by atoms with Gasteiger partial charge in [-0.15, -0.1) is 0 Å². The Kier molecular flexibility index (Phi) is 15.8. The summed E-state index contributed by atoms with van der Waals surface area (Å²) in [5.74, 6) is -0.380. The lowest BCUT2D eigenvalue weighted by atomic mass is 10.2. The fraction of sp³-hybridized carbons (Fsp3) is 0.594. The van der Waals surface area contributed by atoms with E-state index in [0.29, 0.717) is 66.1 Å². The summed E-state index contributed by atoms with van der Waals surface area (Å²) in [7, 11) is -2.53. The highest BCUT2D eigenvalue weighted by atomic mass is 28.4. The summed E-state index contributed by atoms with van der Waals surface area (Å²) < 4.78 is 39.6. The van der Waals surface area contributed by atoms with Crippen LogP contribution < -0.4 is 10.4 Å². The van der Waals surface area contributed by atoms with Crippen LogP contribution >= 0.6 is 0 Å². The highest BCUT2D eigenvalue weighted by Gasteiger charge is 2.49. The Hall–Kier alpha value is -2.11. The van der Waals surface area contributed by atoms with Crippen molar-refractivity contribution in [2.45, 2.75) is 52.2 Å². The maximum Gasteiger partial charge on any atom is 0.332 e. The Morgan fingerprint density at radius 3 is 1.29 bits per heavy atom. The lowest BCUT2D eigenvalue weighted by Gasteiger charge is -2.43. The van der Waals surface area contributed by atoms with Gasteiger partial charge in [-0.1, -0.05) is 81.4 Å². The van der Waals surface area contributed by atoms with Crippen LogP contribution in [0.1, 0.15) is 41.5 Å². The molecular formula is C32H50O8Si. The van der Waals surface area contributed by atoms with Crippen molar-refractivity contribution in [2.75, 3.05) is 72.7 Å². The Labute approximate surface area is 247 Å². The topological polar surface area (TPSA) is 81.7 Å². The molecular weight excluding hydrogens is 540 g/mol. The molecule has 8 nitrogen and oxygen atoms in total. The van der Waals surface area contributed by atoms with E-state index >= 15 is 0 Å². The Balaban J connectivity index is 1.54. The van der Waals surface area contributed by atoms with Crippen molar-refractivity contribution < 1.29 is 37.6 Å². The second kappa shape index (κ2) is 18.4. The smallest absolute Gasteiger partial charge is 0.332 e. The number of rotatable bonds is 20. The van der Waals surface area contributed by atoms with Crippen molar-refractivity contribution in [3.63, 3.8) is 0 Å². The molecule has 0 N–H and O–H groups in total. The number of ether oxygens (including phenoxy) is 6. The van der Waals surface area contributed by atoms with Gasteiger partial charge in [0.15, 0.2) is 0 Å². The van der Waals surface area contributed by atoms with Gasteiger partial charge in [-0.25, -0.2) is 4.79 Å². The Morgan fingerprint density at radius 2 is 0.927 bits per heavy atom. The summed E-state index contributed by atoms with van der Waals surface area (Å²) in [6.45, 7) is 16.8. The maximum absolute atomic E-state index is 11.5. The van der Waals surface area contributed by atoms with Crippen molar-refractivity contribution >= 4 is 24.7 Å². The van der Waals surface area contributed by atoms with Gasteiger partial charge in [-0.2, -0.15) is 0 Å². The third-order valence-electron chi connectivity index (χ3n) is 6.09. The lowest BCUT2D eigenvalue weighted by molar-refractivity contribution is -0.160. The molecule has 0 radical (unpaired) electrons. The van der Waals surface area contributed by atoms with E-state index in [4.69, 9.17) is 32.8 Å². The summed E-state index contributed by atoms with van der Waals surface area (Å²) in [5, 5.41) is 2.47. The minimum absolute atomic E-state index is 0.0561. The average Bonchev–Trinajstić information content (AvgIpc) is 2.92. The SMILES string of the molecule is CC(C)(C)OC(=O)COCCOCCOCCOCCOCCO[Si](c1ccccc1)(c1ccccc1)C(C)(C)C. The predicted octanol–water partition coefficient (Wildman–Crippen LogP) is 3.99. The minimum atomic E-state index is -2.53. The van der Waals surface area contributed by atoms with E-state index in [1.54, 1.807) is 0 Å². The largest absolute Gasteiger partial charge is 0.458 e. The van der Waals surface area contributed by atoms with E-state index in [-0.39, 0.29) is 17.6 Å². The predicted molar refractivity (Wildman–Crippen MR) is 164 cm³/mol. The second-order valence-corrected chi connectivity index (χ2v) is 15.9. The van der Waals surface area contributed by atoms with Crippen molar-refractivity contribution in [1.82, 2.24) is 0 Å². The van der Waals surface area contributed by atoms with Crippen LogP contribution in [0.2, 0.25) is 5.04 Å². The van der Waals surface area contributed by atoms with Crippen molar-refractivity contribution in [2.24, 2.45) is 0 Å². The molecule has 0 unspecified atom stereocenters. The van der Waals surface area contributed by atoms with Gasteiger partial charge < -0.3 is 32.8 Å². The molecule has 41 heavy (non-hydrogen) atoms. The van der Waals surface area contributed by atoms with Crippen LogP contribution in [0.5, 0.6) is 0 Å².